The van der Waals surface area contributed by atoms with E-state index >= 15 is 0 Å². The van der Waals surface area contributed by atoms with E-state index in [1.807, 2.05) is 52.8 Å². The van der Waals surface area contributed by atoms with Crippen molar-refractivity contribution in [1.29, 1.82) is 0 Å². The van der Waals surface area contributed by atoms with Crippen LogP contribution in [0.2, 0.25) is 0 Å². The van der Waals surface area contributed by atoms with Crippen LogP contribution in [-0.4, -0.2) is 50.8 Å². The molecule has 2 saturated heterocycles. The van der Waals surface area contributed by atoms with Gasteiger partial charge in [-0.2, -0.15) is 0 Å². The Hall–Kier alpha value is -2.78. The lowest BCUT2D eigenvalue weighted by Crippen LogP contribution is -2.48. The number of sulfonamides is 1. The summed E-state index contributed by atoms with van der Waals surface area (Å²) in [5.41, 5.74) is 4.03. The minimum absolute atomic E-state index is 0.142. The first kappa shape index (κ1) is 26.8. The Labute approximate surface area is 226 Å². The minimum atomic E-state index is -3.75. The second-order valence-corrected chi connectivity index (χ2v) is 13.6. The van der Waals surface area contributed by atoms with Gasteiger partial charge < -0.3 is 19.7 Å². The van der Waals surface area contributed by atoms with E-state index in [9.17, 15) is 13.2 Å². The highest BCUT2D eigenvalue weighted by Gasteiger charge is 2.45. The van der Waals surface area contributed by atoms with E-state index in [0.717, 1.165) is 41.6 Å². The molecule has 0 spiro atoms. The van der Waals surface area contributed by atoms with Crippen molar-refractivity contribution in [2.75, 3.05) is 29.7 Å². The second-order valence-electron chi connectivity index (χ2n) is 11.9. The van der Waals surface area contributed by atoms with Gasteiger partial charge in [0.05, 0.1) is 11.0 Å². The molecule has 2 aromatic carbocycles. The Balaban J connectivity index is 1.31. The summed E-state index contributed by atoms with van der Waals surface area (Å²) in [6.07, 6.45) is 2.32. The van der Waals surface area contributed by atoms with Crippen molar-refractivity contribution < 1.29 is 22.7 Å². The molecule has 3 atom stereocenters. The Morgan fingerprint density at radius 1 is 1.05 bits per heavy atom. The van der Waals surface area contributed by atoms with E-state index in [4.69, 9.17) is 9.47 Å². The highest BCUT2D eigenvalue weighted by molar-refractivity contribution is 7.92. The predicted octanol–water partition coefficient (Wildman–Crippen LogP) is 5.62. The maximum absolute atomic E-state index is 13.2. The number of carbonyl (C=O) groups excluding carboxylic acids is 1. The van der Waals surface area contributed by atoms with E-state index in [2.05, 4.69) is 10.0 Å². The third-order valence-corrected chi connectivity index (χ3v) is 9.40. The van der Waals surface area contributed by atoms with Crippen LogP contribution in [0.15, 0.2) is 41.3 Å². The van der Waals surface area contributed by atoms with Gasteiger partial charge in [0, 0.05) is 48.6 Å². The zero-order valence-electron chi connectivity index (χ0n) is 22.9. The molecule has 3 aliphatic heterocycles. The van der Waals surface area contributed by atoms with Crippen LogP contribution in [0.25, 0.3) is 0 Å². The number of nitrogens with one attached hydrogen (secondary N) is 2. The summed E-state index contributed by atoms with van der Waals surface area (Å²) >= 11 is 0. The number of nitrogens with zero attached hydrogens (tertiary/aromatic N) is 1. The number of carbonyl (C=O) groups is 1. The number of amides is 1. The average molecular weight is 542 g/mol. The van der Waals surface area contributed by atoms with E-state index in [1.54, 1.807) is 23.1 Å². The number of piperidine rings is 1. The van der Waals surface area contributed by atoms with Crippen LogP contribution < -0.4 is 10.0 Å². The lowest BCUT2D eigenvalue weighted by atomic mass is 9.75. The smallest absolute Gasteiger partial charge is 0.410 e. The molecule has 3 heterocycles. The zero-order valence-corrected chi connectivity index (χ0v) is 23.7. The van der Waals surface area contributed by atoms with Crippen LogP contribution in [-0.2, 0) is 19.5 Å². The first-order chi connectivity index (χ1) is 17.9. The largest absolute Gasteiger partial charge is 0.444 e. The van der Waals surface area contributed by atoms with Crippen LogP contribution in [0.4, 0.5) is 16.2 Å². The number of hydrogen-bond donors (Lipinski definition) is 2. The molecule has 2 unspecified atom stereocenters. The van der Waals surface area contributed by atoms with Crippen molar-refractivity contribution in [3.05, 3.63) is 53.1 Å². The third-order valence-electron chi connectivity index (χ3n) is 8.02. The number of aryl methyl sites for hydroxylation is 2. The van der Waals surface area contributed by atoms with Gasteiger partial charge in [0.2, 0.25) is 0 Å². The van der Waals surface area contributed by atoms with E-state index in [1.165, 1.54) is 0 Å². The van der Waals surface area contributed by atoms with Crippen molar-refractivity contribution in [3.8, 4) is 0 Å². The number of ether oxygens (including phenoxy) is 2. The molecule has 5 rings (SSSR count). The minimum Gasteiger partial charge on any atom is -0.444 e. The summed E-state index contributed by atoms with van der Waals surface area (Å²) < 4.78 is 41.0. The number of fused-ring (bicyclic) bond motifs is 3. The fraction of sp³-hybridized carbons (Fsp3) is 0.552. The summed E-state index contributed by atoms with van der Waals surface area (Å²) in [5.74, 6) is 0.650. The quantitative estimate of drug-likeness (QED) is 0.521. The molecule has 1 amide bonds. The molecular formula is C29H39N3O5S. The third kappa shape index (κ3) is 5.50. The van der Waals surface area contributed by atoms with Crippen LogP contribution in [0, 0.1) is 25.7 Å². The lowest BCUT2D eigenvalue weighted by Gasteiger charge is -2.43. The first-order valence-corrected chi connectivity index (χ1v) is 15.0. The first-order valence-electron chi connectivity index (χ1n) is 13.5. The molecule has 0 radical (unpaired) electrons. The maximum atomic E-state index is 13.2. The van der Waals surface area contributed by atoms with Crippen molar-refractivity contribution in [3.63, 3.8) is 0 Å². The molecular weight excluding hydrogens is 502 g/mol. The molecule has 0 aliphatic carbocycles. The number of benzene rings is 2. The Morgan fingerprint density at radius 3 is 2.47 bits per heavy atom. The number of likely N-dealkylation sites (tertiary alicyclic amines) is 1. The van der Waals surface area contributed by atoms with Crippen molar-refractivity contribution in [2.45, 2.75) is 76.5 Å². The van der Waals surface area contributed by atoms with Crippen molar-refractivity contribution in [1.82, 2.24) is 4.90 Å². The van der Waals surface area contributed by atoms with Crippen LogP contribution in [0.5, 0.6) is 0 Å². The summed E-state index contributed by atoms with van der Waals surface area (Å²) in [5, 5.41) is 3.73. The normalized spacial score (nSPS) is 23.8. The highest BCUT2D eigenvalue weighted by Crippen LogP contribution is 2.48. The average Bonchev–Trinajstić information content (AvgIpc) is 3.35. The summed E-state index contributed by atoms with van der Waals surface area (Å²) in [7, 11) is -3.75. The van der Waals surface area contributed by atoms with Gasteiger partial charge in [0.1, 0.15) is 5.60 Å². The van der Waals surface area contributed by atoms with E-state index in [-0.39, 0.29) is 29.1 Å². The van der Waals surface area contributed by atoms with Crippen LogP contribution in [0.1, 0.15) is 62.8 Å². The molecule has 9 heteroatoms. The maximum Gasteiger partial charge on any atom is 0.410 e. The van der Waals surface area contributed by atoms with Gasteiger partial charge in [-0.25, -0.2) is 13.2 Å². The molecule has 0 saturated carbocycles. The Kier molecular flexibility index (Phi) is 7.11. The standard InChI is InChI=1S/C29H39N3O5S/c1-18-6-7-21(16-19(18)2)31-38(34,35)22-8-9-25-24(17-22)27-23(12-15-36-27)26(30-25)20-10-13-32(14-11-20)28(33)37-29(3,4)5/h6-9,16-17,20,23,26-27,30-31H,10-15H2,1-5H3/t23?,26-,27?/m0/s1. The molecule has 0 bridgehead atoms. The summed E-state index contributed by atoms with van der Waals surface area (Å²) in [6.45, 7) is 11.6. The molecule has 2 fully saturated rings. The van der Waals surface area contributed by atoms with Crippen molar-refractivity contribution in [2.24, 2.45) is 11.8 Å². The fourth-order valence-electron chi connectivity index (χ4n) is 5.91. The number of anilines is 2. The molecule has 2 aromatic rings. The van der Waals surface area contributed by atoms with Gasteiger partial charge in [0.25, 0.3) is 10.0 Å². The summed E-state index contributed by atoms with van der Waals surface area (Å²) in [6, 6.07) is 11.1. The van der Waals surface area contributed by atoms with Crippen LogP contribution in [0.3, 0.4) is 0 Å². The molecule has 8 nitrogen and oxygen atoms in total. The molecule has 206 valence electrons. The highest BCUT2D eigenvalue weighted by atomic mass is 32.2. The van der Waals surface area contributed by atoms with Gasteiger partial charge in [-0.1, -0.05) is 6.07 Å². The molecule has 3 aliphatic rings. The fourth-order valence-corrected chi connectivity index (χ4v) is 6.99. The monoisotopic (exact) mass is 541 g/mol. The number of hydrogen-bond acceptors (Lipinski definition) is 6. The zero-order chi connectivity index (χ0) is 27.2. The SMILES string of the molecule is Cc1ccc(NS(=O)(=O)c2ccc3c(c2)C2OCCC2[C@H](C2CCN(C(=O)OC(C)(C)C)CC2)N3)cc1C. The van der Waals surface area contributed by atoms with E-state index < -0.39 is 15.6 Å². The predicted molar refractivity (Wildman–Crippen MR) is 148 cm³/mol. The van der Waals surface area contributed by atoms with Gasteiger partial charge in [-0.05, 0) is 101 Å². The van der Waals surface area contributed by atoms with Gasteiger partial charge in [-0.15, -0.1) is 0 Å². The molecule has 0 aromatic heterocycles. The Morgan fingerprint density at radius 2 is 1.79 bits per heavy atom. The van der Waals surface area contributed by atoms with Gasteiger partial charge in [-0.3, -0.25) is 4.72 Å². The van der Waals surface area contributed by atoms with E-state index in [0.29, 0.717) is 31.3 Å². The Bertz CT molecular complexity index is 1310. The van der Waals surface area contributed by atoms with Crippen LogP contribution >= 0.6 is 0 Å². The lowest BCUT2D eigenvalue weighted by molar-refractivity contribution is 0.0151. The molecule has 2 N–H and O–H groups in total. The second kappa shape index (κ2) is 10.1. The molecule has 38 heavy (non-hydrogen) atoms. The topological polar surface area (TPSA) is 97.0 Å². The van der Waals surface area contributed by atoms with Gasteiger partial charge >= 0.3 is 6.09 Å². The summed E-state index contributed by atoms with van der Waals surface area (Å²) in [4.78, 5) is 14.6. The van der Waals surface area contributed by atoms with Crippen molar-refractivity contribution >= 4 is 27.5 Å². The number of rotatable bonds is 4. The van der Waals surface area contributed by atoms with Gasteiger partial charge in [0.15, 0.2) is 0 Å².